The van der Waals surface area contributed by atoms with Gasteiger partial charge in [0.05, 0.1) is 0 Å². The molecule has 1 aromatic rings. The Kier molecular flexibility index (Phi) is 9.17. The molecule has 0 radical (unpaired) electrons. The Labute approximate surface area is 144 Å². The first kappa shape index (κ1) is 19.9. The van der Waals surface area contributed by atoms with Gasteiger partial charge in [-0.3, -0.25) is 4.79 Å². The van der Waals surface area contributed by atoms with Crippen molar-refractivity contribution in [2.24, 2.45) is 11.7 Å². The molecule has 132 valence electrons. The zero-order valence-corrected chi connectivity index (χ0v) is 14.8. The lowest BCUT2D eigenvalue weighted by molar-refractivity contribution is -0.133. The van der Waals surface area contributed by atoms with E-state index in [9.17, 15) is 4.79 Å². The first-order chi connectivity index (χ1) is 10.7. The summed E-state index contributed by atoms with van der Waals surface area (Å²) < 4.78 is 5.02. The predicted octanol–water partition coefficient (Wildman–Crippen LogP) is 2.49. The van der Waals surface area contributed by atoms with Gasteiger partial charge in [-0.1, -0.05) is 18.0 Å². The van der Waals surface area contributed by atoms with Crippen molar-refractivity contribution in [3.05, 3.63) is 11.7 Å². The van der Waals surface area contributed by atoms with Crippen LogP contribution in [0.2, 0.25) is 0 Å². The number of carbonyl (C=O) groups is 1. The van der Waals surface area contributed by atoms with Crippen LogP contribution in [0, 0.1) is 12.8 Å². The van der Waals surface area contributed by atoms with Gasteiger partial charge in [-0.2, -0.15) is 4.98 Å². The Morgan fingerprint density at radius 1 is 1.35 bits per heavy atom. The second kappa shape index (κ2) is 10.6. The highest BCUT2D eigenvalue weighted by Gasteiger charge is 2.24. The van der Waals surface area contributed by atoms with E-state index in [-0.39, 0.29) is 12.4 Å². The summed E-state index contributed by atoms with van der Waals surface area (Å²) in [5, 5.41) is 3.96. The van der Waals surface area contributed by atoms with Gasteiger partial charge in [0.1, 0.15) is 0 Å². The summed E-state index contributed by atoms with van der Waals surface area (Å²) in [6.45, 7) is 4.27. The van der Waals surface area contributed by atoms with E-state index in [1.165, 1.54) is 0 Å². The minimum Gasteiger partial charge on any atom is -0.342 e. The van der Waals surface area contributed by atoms with Crippen molar-refractivity contribution < 1.29 is 9.32 Å². The van der Waals surface area contributed by atoms with E-state index in [2.05, 4.69) is 10.1 Å². The molecule has 23 heavy (non-hydrogen) atoms. The van der Waals surface area contributed by atoms with Gasteiger partial charge in [-0.25, -0.2) is 0 Å². The molecule has 0 bridgehead atoms. The number of hydrogen-bond acceptors (Lipinski definition) is 5. The number of unbranched alkanes of at least 4 members (excludes halogenated alkanes) is 3. The number of halogens is 1. The van der Waals surface area contributed by atoms with Gasteiger partial charge in [0.2, 0.25) is 11.8 Å². The number of amides is 1. The number of aromatic nitrogens is 2. The molecule has 2 rings (SSSR count). The number of nitrogens with zero attached hydrogens (tertiary/aromatic N) is 3. The molecule has 1 aromatic heterocycles. The Bertz CT molecular complexity index is 467. The molecule has 2 N–H and O–H groups in total. The highest BCUT2D eigenvalue weighted by atomic mass is 35.5. The maximum absolute atomic E-state index is 12.3. The molecule has 1 atom stereocenters. The molecule has 0 aromatic carbocycles. The van der Waals surface area contributed by atoms with E-state index in [1.54, 1.807) is 6.92 Å². The fourth-order valence-corrected chi connectivity index (χ4v) is 3.07. The molecule has 6 nitrogen and oxygen atoms in total. The molecule has 0 saturated carbocycles. The van der Waals surface area contributed by atoms with E-state index in [1.807, 2.05) is 4.90 Å². The van der Waals surface area contributed by atoms with Crippen LogP contribution in [0.15, 0.2) is 4.52 Å². The van der Waals surface area contributed by atoms with Crippen LogP contribution in [0.25, 0.3) is 0 Å². The monoisotopic (exact) mass is 344 g/mol. The van der Waals surface area contributed by atoms with E-state index in [0.717, 1.165) is 70.4 Å². The van der Waals surface area contributed by atoms with Crippen molar-refractivity contribution in [2.45, 2.75) is 58.3 Å². The third-order valence-corrected chi connectivity index (χ3v) is 4.26. The summed E-state index contributed by atoms with van der Waals surface area (Å²) in [6, 6.07) is 0. The molecule has 1 unspecified atom stereocenters. The first-order valence-corrected chi connectivity index (χ1v) is 8.46. The van der Waals surface area contributed by atoms with Crippen LogP contribution in [0.1, 0.15) is 56.7 Å². The third kappa shape index (κ3) is 6.87. The molecular weight excluding hydrogens is 316 g/mol. The van der Waals surface area contributed by atoms with Crippen LogP contribution in [0.5, 0.6) is 0 Å². The van der Waals surface area contributed by atoms with Crippen molar-refractivity contribution in [2.75, 3.05) is 19.6 Å². The van der Waals surface area contributed by atoms with Crippen molar-refractivity contribution in [1.29, 1.82) is 0 Å². The summed E-state index contributed by atoms with van der Waals surface area (Å²) in [5.74, 6) is 2.11. The number of rotatable bonds is 8. The standard InChI is InChI=1S/C16H28N4O2.ClH/c1-13-18-15(19-22-13)11-14-7-6-10-20(12-14)16(21)8-4-2-3-5-9-17;/h14H,2-12,17H2,1H3;1H. The lowest BCUT2D eigenvalue weighted by atomic mass is 9.94. The van der Waals surface area contributed by atoms with Crippen LogP contribution in [-0.4, -0.2) is 40.6 Å². The molecule has 1 amide bonds. The summed E-state index contributed by atoms with van der Waals surface area (Å²) in [6.07, 6.45) is 7.94. The Hall–Kier alpha value is -1.14. The van der Waals surface area contributed by atoms with E-state index in [0.29, 0.717) is 24.1 Å². The number of aryl methyl sites for hydroxylation is 1. The second-order valence-electron chi connectivity index (χ2n) is 6.23. The van der Waals surface area contributed by atoms with Crippen molar-refractivity contribution in [3.8, 4) is 0 Å². The second-order valence-corrected chi connectivity index (χ2v) is 6.23. The molecule has 7 heteroatoms. The van der Waals surface area contributed by atoms with Crippen LogP contribution >= 0.6 is 12.4 Å². The fourth-order valence-electron chi connectivity index (χ4n) is 3.07. The van der Waals surface area contributed by atoms with Crippen molar-refractivity contribution in [3.63, 3.8) is 0 Å². The maximum Gasteiger partial charge on any atom is 0.223 e. The van der Waals surface area contributed by atoms with E-state index < -0.39 is 0 Å². The molecule has 1 saturated heterocycles. The largest absolute Gasteiger partial charge is 0.342 e. The predicted molar refractivity (Wildman–Crippen MR) is 91.4 cm³/mol. The van der Waals surface area contributed by atoms with Gasteiger partial charge in [-0.05, 0) is 38.1 Å². The number of likely N-dealkylation sites (tertiary alicyclic amines) is 1. The molecule has 2 heterocycles. The molecule has 1 fully saturated rings. The SMILES string of the molecule is Cc1nc(CC2CCCN(C(=O)CCCCCCN)C2)no1.Cl. The Balaban J connectivity index is 0.00000264. The minimum absolute atomic E-state index is 0. The van der Waals surface area contributed by atoms with Crippen LogP contribution < -0.4 is 5.73 Å². The number of carbonyl (C=O) groups excluding carboxylic acids is 1. The quantitative estimate of drug-likeness (QED) is 0.732. The Morgan fingerprint density at radius 2 is 2.13 bits per heavy atom. The zero-order valence-electron chi connectivity index (χ0n) is 14.0. The number of nitrogens with two attached hydrogens (primary N) is 1. The van der Waals surface area contributed by atoms with Gasteiger partial charge >= 0.3 is 0 Å². The molecule has 0 aliphatic carbocycles. The van der Waals surface area contributed by atoms with Gasteiger partial charge in [0, 0.05) is 32.9 Å². The van der Waals surface area contributed by atoms with Gasteiger partial charge < -0.3 is 15.2 Å². The minimum atomic E-state index is 0. The average Bonchev–Trinajstić information content (AvgIpc) is 2.92. The van der Waals surface area contributed by atoms with Crippen molar-refractivity contribution >= 4 is 18.3 Å². The third-order valence-electron chi connectivity index (χ3n) is 4.26. The maximum atomic E-state index is 12.3. The summed E-state index contributed by atoms with van der Waals surface area (Å²) in [5.41, 5.74) is 5.48. The molecule has 1 aliphatic heterocycles. The Morgan fingerprint density at radius 3 is 2.83 bits per heavy atom. The average molecular weight is 345 g/mol. The normalized spacial score (nSPS) is 17.8. The highest BCUT2D eigenvalue weighted by molar-refractivity contribution is 5.85. The smallest absolute Gasteiger partial charge is 0.223 e. The molecule has 1 aliphatic rings. The number of piperidine rings is 1. The zero-order chi connectivity index (χ0) is 15.8. The fraction of sp³-hybridized carbons (Fsp3) is 0.812. The van der Waals surface area contributed by atoms with Gasteiger partial charge in [-0.15, -0.1) is 12.4 Å². The van der Waals surface area contributed by atoms with Crippen LogP contribution in [0.4, 0.5) is 0 Å². The van der Waals surface area contributed by atoms with Gasteiger partial charge in [0.15, 0.2) is 5.82 Å². The van der Waals surface area contributed by atoms with Gasteiger partial charge in [0.25, 0.3) is 0 Å². The summed E-state index contributed by atoms with van der Waals surface area (Å²) >= 11 is 0. The lowest BCUT2D eigenvalue weighted by Gasteiger charge is -2.32. The van der Waals surface area contributed by atoms with E-state index >= 15 is 0 Å². The summed E-state index contributed by atoms with van der Waals surface area (Å²) in [4.78, 5) is 18.6. The van der Waals surface area contributed by atoms with Crippen LogP contribution in [0.3, 0.4) is 0 Å². The van der Waals surface area contributed by atoms with E-state index in [4.69, 9.17) is 10.3 Å². The molecular formula is C16H29ClN4O2. The molecule has 0 spiro atoms. The van der Waals surface area contributed by atoms with Crippen LogP contribution in [-0.2, 0) is 11.2 Å². The number of hydrogen-bond donors (Lipinski definition) is 1. The lowest BCUT2D eigenvalue weighted by Crippen LogP contribution is -2.40. The van der Waals surface area contributed by atoms with Crippen molar-refractivity contribution in [1.82, 2.24) is 15.0 Å². The summed E-state index contributed by atoms with van der Waals surface area (Å²) in [7, 11) is 0. The first-order valence-electron chi connectivity index (χ1n) is 8.46. The highest BCUT2D eigenvalue weighted by Crippen LogP contribution is 2.21. The topological polar surface area (TPSA) is 85.2 Å².